The molecule has 0 aliphatic carbocycles. The summed E-state index contributed by atoms with van der Waals surface area (Å²) in [6.07, 6.45) is 0. The summed E-state index contributed by atoms with van der Waals surface area (Å²) >= 11 is 0. The quantitative estimate of drug-likeness (QED) is 0.896. The molecule has 6 heteroatoms. The van der Waals surface area contributed by atoms with E-state index >= 15 is 0 Å². The fourth-order valence-electron chi connectivity index (χ4n) is 1.74. The molecule has 1 atom stereocenters. The van der Waals surface area contributed by atoms with E-state index in [0.717, 1.165) is 17.1 Å². The third-order valence-electron chi connectivity index (χ3n) is 2.62. The molecule has 1 aromatic rings. The van der Waals surface area contributed by atoms with Crippen molar-refractivity contribution in [2.45, 2.75) is 19.5 Å². The Labute approximate surface area is 112 Å². The van der Waals surface area contributed by atoms with Crippen LogP contribution >= 0.6 is 12.4 Å². The molecule has 0 bridgehead atoms. The van der Waals surface area contributed by atoms with Gasteiger partial charge in [0, 0.05) is 13.6 Å². The number of fused-ring (bicyclic) bond motifs is 1. The molecule has 2 N–H and O–H groups in total. The normalized spacial score (nSPS) is 13.7. The topological polar surface area (TPSA) is 64.8 Å². The molecule has 0 radical (unpaired) electrons. The molecule has 0 saturated heterocycles. The van der Waals surface area contributed by atoms with Crippen LogP contribution in [0.1, 0.15) is 12.5 Å². The highest BCUT2D eigenvalue weighted by molar-refractivity contribution is 5.85. The van der Waals surface area contributed by atoms with Crippen molar-refractivity contribution in [3.05, 3.63) is 23.8 Å². The molecule has 0 aromatic heterocycles. The first-order chi connectivity index (χ1) is 8.08. The number of hydrogen-bond donors (Lipinski definition) is 1. The first kappa shape index (κ1) is 14.6. The minimum atomic E-state index is -0.478. The van der Waals surface area contributed by atoms with Crippen LogP contribution in [0.25, 0.3) is 0 Å². The Balaban J connectivity index is 0.00000162. The molecular formula is C12H17ClN2O3. The maximum Gasteiger partial charge on any atom is 0.239 e. The van der Waals surface area contributed by atoms with Crippen LogP contribution in [0.15, 0.2) is 18.2 Å². The van der Waals surface area contributed by atoms with E-state index in [2.05, 4.69) is 0 Å². The molecule has 0 spiro atoms. The Morgan fingerprint density at radius 1 is 1.44 bits per heavy atom. The highest BCUT2D eigenvalue weighted by atomic mass is 35.5. The minimum Gasteiger partial charge on any atom is -0.454 e. The van der Waals surface area contributed by atoms with Crippen LogP contribution < -0.4 is 15.2 Å². The molecule has 1 amide bonds. The highest BCUT2D eigenvalue weighted by Crippen LogP contribution is 2.32. The Morgan fingerprint density at radius 2 is 2.11 bits per heavy atom. The van der Waals surface area contributed by atoms with Crippen molar-refractivity contribution in [1.29, 1.82) is 0 Å². The van der Waals surface area contributed by atoms with E-state index in [1.165, 1.54) is 0 Å². The largest absolute Gasteiger partial charge is 0.454 e. The number of halogens is 1. The van der Waals surface area contributed by atoms with Crippen molar-refractivity contribution in [2.24, 2.45) is 5.73 Å². The van der Waals surface area contributed by atoms with E-state index in [9.17, 15) is 4.79 Å². The smallest absolute Gasteiger partial charge is 0.239 e. The van der Waals surface area contributed by atoms with Crippen LogP contribution in [0, 0.1) is 0 Å². The summed E-state index contributed by atoms with van der Waals surface area (Å²) in [5.41, 5.74) is 6.54. The second-order valence-electron chi connectivity index (χ2n) is 4.17. The Morgan fingerprint density at radius 3 is 2.78 bits per heavy atom. The van der Waals surface area contributed by atoms with Crippen molar-refractivity contribution < 1.29 is 14.3 Å². The molecule has 0 unspecified atom stereocenters. The van der Waals surface area contributed by atoms with Crippen molar-refractivity contribution in [2.75, 3.05) is 13.8 Å². The van der Waals surface area contributed by atoms with Crippen molar-refractivity contribution >= 4 is 18.3 Å². The maximum absolute atomic E-state index is 11.6. The van der Waals surface area contributed by atoms with E-state index in [1.807, 2.05) is 18.2 Å². The number of hydrogen-bond acceptors (Lipinski definition) is 4. The molecule has 1 aliphatic rings. The monoisotopic (exact) mass is 272 g/mol. The average molecular weight is 273 g/mol. The Bertz CT molecular complexity index is 437. The standard InChI is InChI=1S/C12H16N2O3.ClH/c1-8(13)12(15)14(2)6-9-3-4-10-11(5-9)17-7-16-10;/h3-5,8H,6-7,13H2,1-2H3;1H/t8-;/m1./s1. The van der Waals surface area contributed by atoms with Gasteiger partial charge in [-0.15, -0.1) is 12.4 Å². The lowest BCUT2D eigenvalue weighted by molar-refractivity contribution is -0.131. The van der Waals surface area contributed by atoms with Gasteiger partial charge in [0.2, 0.25) is 12.7 Å². The Hall–Kier alpha value is -1.46. The van der Waals surface area contributed by atoms with E-state index in [1.54, 1.807) is 18.9 Å². The summed E-state index contributed by atoms with van der Waals surface area (Å²) in [6, 6.07) is 5.17. The van der Waals surface area contributed by atoms with Crippen LogP contribution in [-0.4, -0.2) is 30.7 Å². The summed E-state index contributed by atoms with van der Waals surface area (Å²) in [7, 11) is 1.73. The molecule has 5 nitrogen and oxygen atoms in total. The van der Waals surface area contributed by atoms with E-state index in [0.29, 0.717) is 6.54 Å². The van der Waals surface area contributed by atoms with Gasteiger partial charge in [0.25, 0.3) is 0 Å². The number of nitrogens with zero attached hydrogens (tertiary/aromatic N) is 1. The molecule has 1 aromatic carbocycles. The number of carbonyl (C=O) groups excluding carboxylic acids is 1. The van der Waals surface area contributed by atoms with E-state index in [-0.39, 0.29) is 25.1 Å². The van der Waals surface area contributed by atoms with Crippen LogP contribution in [-0.2, 0) is 11.3 Å². The van der Waals surface area contributed by atoms with Crippen LogP contribution in [0.3, 0.4) is 0 Å². The molecule has 100 valence electrons. The number of nitrogens with two attached hydrogens (primary N) is 1. The number of rotatable bonds is 3. The van der Waals surface area contributed by atoms with Gasteiger partial charge in [-0.05, 0) is 24.6 Å². The fourth-order valence-corrected chi connectivity index (χ4v) is 1.74. The fraction of sp³-hybridized carbons (Fsp3) is 0.417. The van der Waals surface area contributed by atoms with Gasteiger partial charge in [-0.3, -0.25) is 4.79 Å². The van der Waals surface area contributed by atoms with Gasteiger partial charge in [-0.1, -0.05) is 6.07 Å². The predicted molar refractivity (Wildman–Crippen MR) is 69.9 cm³/mol. The first-order valence-electron chi connectivity index (χ1n) is 5.47. The zero-order chi connectivity index (χ0) is 12.4. The van der Waals surface area contributed by atoms with Crippen LogP contribution in [0.2, 0.25) is 0 Å². The lowest BCUT2D eigenvalue weighted by atomic mass is 10.2. The highest BCUT2D eigenvalue weighted by Gasteiger charge is 2.16. The van der Waals surface area contributed by atoms with Gasteiger partial charge in [-0.25, -0.2) is 0 Å². The lowest BCUT2D eigenvalue weighted by Gasteiger charge is -2.19. The summed E-state index contributed by atoms with van der Waals surface area (Å²) in [5.74, 6) is 1.39. The van der Waals surface area contributed by atoms with E-state index in [4.69, 9.17) is 15.2 Å². The lowest BCUT2D eigenvalue weighted by Crippen LogP contribution is -2.39. The third-order valence-corrected chi connectivity index (χ3v) is 2.62. The predicted octanol–water partition coefficient (Wildman–Crippen LogP) is 1.14. The van der Waals surface area contributed by atoms with Crippen molar-refractivity contribution in [1.82, 2.24) is 4.90 Å². The molecule has 2 rings (SSSR count). The van der Waals surface area contributed by atoms with Gasteiger partial charge >= 0.3 is 0 Å². The average Bonchev–Trinajstić information content (AvgIpc) is 2.74. The van der Waals surface area contributed by atoms with Crippen molar-refractivity contribution in [3.8, 4) is 11.5 Å². The van der Waals surface area contributed by atoms with E-state index < -0.39 is 6.04 Å². The molecule has 0 saturated carbocycles. The number of likely N-dealkylation sites (N-methyl/N-ethyl adjacent to an activating group) is 1. The number of amides is 1. The van der Waals surface area contributed by atoms with Crippen LogP contribution in [0.4, 0.5) is 0 Å². The summed E-state index contributed by atoms with van der Waals surface area (Å²) in [4.78, 5) is 13.2. The molecule has 1 heterocycles. The number of carbonyl (C=O) groups is 1. The minimum absolute atomic E-state index is 0. The van der Waals surface area contributed by atoms with Crippen molar-refractivity contribution in [3.63, 3.8) is 0 Å². The zero-order valence-corrected chi connectivity index (χ0v) is 11.2. The summed E-state index contributed by atoms with van der Waals surface area (Å²) < 4.78 is 10.5. The molecule has 18 heavy (non-hydrogen) atoms. The van der Waals surface area contributed by atoms with Gasteiger partial charge in [0.15, 0.2) is 11.5 Å². The second kappa shape index (κ2) is 5.93. The molecular weight excluding hydrogens is 256 g/mol. The third kappa shape index (κ3) is 3.05. The summed E-state index contributed by atoms with van der Waals surface area (Å²) in [5, 5.41) is 0. The number of benzene rings is 1. The van der Waals surface area contributed by atoms with Gasteiger partial charge < -0.3 is 20.1 Å². The van der Waals surface area contributed by atoms with Gasteiger partial charge in [0.05, 0.1) is 6.04 Å². The first-order valence-corrected chi connectivity index (χ1v) is 5.47. The summed E-state index contributed by atoms with van der Waals surface area (Å²) in [6.45, 7) is 2.45. The van der Waals surface area contributed by atoms with Crippen LogP contribution in [0.5, 0.6) is 11.5 Å². The Kier molecular flexibility index (Phi) is 4.81. The maximum atomic E-state index is 11.6. The molecule has 0 fully saturated rings. The van der Waals surface area contributed by atoms with Gasteiger partial charge in [0.1, 0.15) is 0 Å². The number of ether oxygens (including phenoxy) is 2. The zero-order valence-electron chi connectivity index (χ0n) is 10.4. The molecule has 1 aliphatic heterocycles. The van der Waals surface area contributed by atoms with Gasteiger partial charge in [-0.2, -0.15) is 0 Å². The second-order valence-corrected chi connectivity index (χ2v) is 4.17. The SMILES string of the molecule is C[C@@H](N)C(=O)N(C)Cc1ccc2c(c1)OCO2.Cl.